The van der Waals surface area contributed by atoms with Crippen molar-refractivity contribution < 1.29 is 19.4 Å². The van der Waals surface area contributed by atoms with E-state index >= 15 is 0 Å². The molecule has 0 saturated carbocycles. The number of hydrogen-bond acceptors (Lipinski definition) is 6. The molecule has 1 atom stereocenters. The molecular formula is C20H27N3O4S. The van der Waals surface area contributed by atoms with Gasteiger partial charge in [0.2, 0.25) is 5.91 Å². The van der Waals surface area contributed by atoms with Crippen LogP contribution in [0.5, 0.6) is 11.5 Å². The number of aromatic amines is 1. The highest BCUT2D eigenvalue weighted by molar-refractivity contribution is 7.71. The molecule has 0 fully saturated rings. The van der Waals surface area contributed by atoms with Gasteiger partial charge in [-0.25, -0.2) is 0 Å². The summed E-state index contributed by atoms with van der Waals surface area (Å²) in [7, 11) is 3.21. The molecule has 152 valence electrons. The number of aliphatic hydroxyl groups is 1. The summed E-state index contributed by atoms with van der Waals surface area (Å²) in [6, 6.07) is 7.44. The van der Waals surface area contributed by atoms with Crippen molar-refractivity contribution in [1.82, 2.24) is 15.6 Å². The van der Waals surface area contributed by atoms with E-state index in [0.717, 1.165) is 28.3 Å². The van der Waals surface area contributed by atoms with Crippen LogP contribution in [0, 0.1) is 18.5 Å². The number of methoxy groups -OCH3 is 2. The van der Waals surface area contributed by atoms with Crippen molar-refractivity contribution in [3.8, 4) is 11.5 Å². The minimum atomic E-state index is -1.02. The van der Waals surface area contributed by atoms with Crippen LogP contribution >= 0.6 is 12.2 Å². The second-order valence-electron chi connectivity index (χ2n) is 6.44. The second kappa shape index (κ2) is 10.2. The molecule has 1 aromatic carbocycles. The number of rotatable bonds is 9. The third kappa shape index (κ3) is 5.79. The van der Waals surface area contributed by atoms with Crippen molar-refractivity contribution in [2.24, 2.45) is 0 Å². The maximum Gasteiger partial charge on any atom is 0.234 e. The predicted octanol–water partition coefficient (Wildman–Crippen LogP) is 2.32. The van der Waals surface area contributed by atoms with E-state index in [1.165, 1.54) is 0 Å². The van der Waals surface area contributed by atoms with Crippen LogP contribution < -0.4 is 20.1 Å². The number of H-pyrrole nitrogens is 1. The van der Waals surface area contributed by atoms with Crippen LogP contribution in [0.4, 0.5) is 0 Å². The summed E-state index contributed by atoms with van der Waals surface area (Å²) in [5.41, 5.74) is 3.31. The Balaban J connectivity index is 1.86. The van der Waals surface area contributed by atoms with E-state index in [1.807, 2.05) is 38.1 Å². The minimum Gasteiger partial charge on any atom is -0.497 e. The van der Waals surface area contributed by atoms with E-state index in [2.05, 4.69) is 15.6 Å². The number of carbonyl (C=O) groups is 1. The number of aromatic nitrogens is 1. The van der Waals surface area contributed by atoms with Crippen molar-refractivity contribution in [1.29, 1.82) is 0 Å². The van der Waals surface area contributed by atoms with Gasteiger partial charge in [-0.2, -0.15) is 0 Å². The summed E-state index contributed by atoms with van der Waals surface area (Å²) in [4.78, 5) is 15.1. The van der Waals surface area contributed by atoms with Gasteiger partial charge >= 0.3 is 0 Å². The smallest absolute Gasteiger partial charge is 0.234 e. The summed E-state index contributed by atoms with van der Waals surface area (Å²) in [6.45, 7) is 4.18. The first-order chi connectivity index (χ1) is 13.3. The maximum atomic E-state index is 12.1. The number of benzene rings is 1. The Hall–Kier alpha value is -2.42. The van der Waals surface area contributed by atoms with Gasteiger partial charge in [-0.3, -0.25) is 10.1 Å². The van der Waals surface area contributed by atoms with Crippen molar-refractivity contribution in [3.63, 3.8) is 0 Å². The van der Waals surface area contributed by atoms with E-state index in [1.54, 1.807) is 14.2 Å². The average Bonchev–Trinajstić information content (AvgIpc) is 2.65. The molecule has 4 N–H and O–H groups in total. The number of pyridine rings is 1. The van der Waals surface area contributed by atoms with Gasteiger partial charge in [-0.05, 0) is 55.7 Å². The fraction of sp³-hybridized carbons (Fsp3) is 0.400. The van der Waals surface area contributed by atoms with Gasteiger partial charge in [-0.1, -0.05) is 12.2 Å². The van der Waals surface area contributed by atoms with E-state index in [0.29, 0.717) is 23.2 Å². The molecule has 1 heterocycles. The lowest BCUT2D eigenvalue weighted by Crippen LogP contribution is -2.37. The van der Waals surface area contributed by atoms with Crippen molar-refractivity contribution in [2.45, 2.75) is 26.5 Å². The van der Waals surface area contributed by atoms with E-state index in [-0.39, 0.29) is 12.5 Å². The van der Waals surface area contributed by atoms with Gasteiger partial charge in [-0.15, -0.1) is 0 Å². The first-order valence-corrected chi connectivity index (χ1v) is 9.36. The van der Waals surface area contributed by atoms with Crippen molar-refractivity contribution >= 4 is 18.1 Å². The SMILES string of the molecule is COc1ccc(OC)c(CCNC(=O)CNC(O)c2c(C)cc(C)[nH]c2=S)c1. The molecule has 0 aliphatic rings. The lowest BCUT2D eigenvalue weighted by molar-refractivity contribution is -0.120. The molecule has 1 amide bonds. The fourth-order valence-electron chi connectivity index (χ4n) is 2.97. The molecule has 2 aromatic rings. The van der Waals surface area contributed by atoms with E-state index in [4.69, 9.17) is 21.7 Å². The number of aliphatic hydroxyl groups excluding tert-OH is 1. The summed E-state index contributed by atoms with van der Waals surface area (Å²) in [6.07, 6.45) is -0.426. The topological polar surface area (TPSA) is 95.6 Å². The molecule has 2 rings (SSSR count). The number of ether oxygens (including phenoxy) is 2. The lowest BCUT2D eigenvalue weighted by Gasteiger charge is -2.16. The Labute approximate surface area is 170 Å². The van der Waals surface area contributed by atoms with Gasteiger partial charge < -0.3 is 24.9 Å². The highest BCUT2D eigenvalue weighted by atomic mass is 32.1. The number of amides is 1. The quantitative estimate of drug-likeness (QED) is 0.378. The molecule has 8 heteroatoms. The molecule has 0 spiro atoms. The molecule has 0 aliphatic carbocycles. The third-order valence-electron chi connectivity index (χ3n) is 4.35. The van der Waals surface area contributed by atoms with Crippen molar-refractivity contribution in [2.75, 3.05) is 27.3 Å². The van der Waals surface area contributed by atoms with Crippen LogP contribution in [0.2, 0.25) is 0 Å². The Kier molecular flexibility index (Phi) is 7.98. The monoisotopic (exact) mass is 405 g/mol. The maximum absolute atomic E-state index is 12.1. The van der Waals surface area contributed by atoms with E-state index < -0.39 is 6.23 Å². The zero-order valence-electron chi connectivity index (χ0n) is 16.6. The molecule has 0 aliphatic heterocycles. The largest absolute Gasteiger partial charge is 0.497 e. The fourth-order valence-corrected chi connectivity index (χ4v) is 3.41. The molecule has 7 nitrogen and oxygen atoms in total. The number of aryl methyl sites for hydroxylation is 2. The highest BCUT2D eigenvalue weighted by Gasteiger charge is 2.14. The zero-order valence-corrected chi connectivity index (χ0v) is 17.4. The number of hydrogen-bond donors (Lipinski definition) is 4. The molecule has 0 radical (unpaired) electrons. The Morgan fingerprint density at radius 1 is 1.25 bits per heavy atom. The first kappa shape index (κ1) is 21.9. The Morgan fingerprint density at radius 3 is 2.64 bits per heavy atom. The van der Waals surface area contributed by atoms with Gasteiger partial charge in [0.25, 0.3) is 0 Å². The average molecular weight is 406 g/mol. The molecule has 1 unspecified atom stereocenters. The van der Waals surface area contributed by atoms with Gasteiger partial charge in [0, 0.05) is 17.8 Å². The highest BCUT2D eigenvalue weighted by Crippen LogP contribution is 2.24. The van der Waals surface area contributed by atoms with Crippen molar-refractivity contribution in [3.05, 3.63) is 51.3 Å². The molecular weight excluding hydrogens is 378 g/mol. The molecule has 0 bridgehead atoms. The lowest BCUT2D eigenvalue weighted by atomic mass is 10.1. The first-order valence-electron chi connectivity index (χ1n) is 8.95. The molecule has 28 heavy (non-hydrogen) atoms. The zero-order chi connectivity index (χ0) is 20.7. The Bertz CT molecular complexity index is 882. The normalized spacial score (nSPS) is 11.8. The summed E-state index contributed by atoms with van der Waals surface area (Å²) in [5.74, 6) is 1.25. The molecule has 0 saturated heterocycles. The van der Waals surface area contributed by atoms with Crippen LogP contribution in [-0.4, -0.2) is 43.3 Å². The summed E-state index contributed by atoms with van der Waals surface area (Å²) in [5, 5.41) is 16.0. The summed E-state index contributed by atoms with van der Waals surface area (Å²) >= 11 is 5.27. The summed E-state index contributed by atoms with van der Waals surface area (Å²) < 4.78 is 11.0. The Morgan fingerprint density at radius 2 is 2.00 bits per heavy atom. The van der Waals surface area contributed by atoms with Crippen LogP contribution in [0.1, 0.15) is 28.6 Å². The number of nitrogens with one attached hydrogen (secondary N) is 3. The van der Waals surface area contributed by atoms with Crippen LogP contribution in [0.25, 0.3) is 0 Å². The minimum absolute atomic E-state index is 0.0293. The van der Waals surface area contributed by atoms with Gasteiger partial charge in [0.05, 0.1) is 20.8 Å². The standard InChI is InChI=1S/C20H27N3O4S/c1-12-9-13(2)23-20(28)18(12)19(25)22-11-17(24)21-8-7-14-10-15(26-3)5-6-16(14)27-4/h5-6,9-10,19,22,25H,7-8,11H2,1-4H3,(H,21,24)(H,23,28). The van der Waals surface area contributed by atoms with E-state index in [9.17, 15) is 9.90 Å². The van der Waals surface area contributed by atoms with Gasteiger partial charge in [0.15, 0.2) is 0 Å². The van der Waals surface area contributed by atoms with Crippen LogP contribution in [0.15, 0.2) is 24.3 Å². The number of carbonyl (C=O) groups excluding carboxylic acids is 1. The van der Waals surface area contributed by atoms with Crippen LogP contribution in [0.3, 0.4) is 0 Å². The van der Waals surface area contributed by atoms with Gasteiger partial charge in [0.1, 0.15) is 22.4 Å². The second-order valence-corrected chi connectivity index (χ2v) is 6.85. The van der Waals surface area contributed by atoms with Crippen LogP contribution in [-0.2, 0) is 11.2 Å². The predicted molar refractivity (Wildman–Crippen MR) is 110 cm³/mol. The molecule has 1 aromatic heterocycles. The third-order valence-corrected chi connectivity index (χ3v) is 4.67.